The van der Waals surface area contributed by atoms with Crippen LogP contribution in [0, 0.1) is 5.92 Å². The van der Waals surface area contributed by atoms with Crippen LogP contribution >= 0.6 is 0 Å². The van der Waals surface area contributed by atoms with E-state index in [1.165, 1.54) is 0 Å². The highest BCUT2D eigenvalue weighted by Crippen LogP contribution is 2.28. The Morgan fingerprint density at radius 1 is 1.06 bits per heavy atom. The molecule has 1 aromatic rings. The zero-order valence-corrected chi connectivity index (χ0v) is 18.4. The molecule has 3 aliphatic heterocycles. The molecule has 0 saturated carbocycles. The molecule has 3 aliphatic rings. The molecule has 3 saturated heterocycles. The number of piperidine rings is 1. The first-order valence-electron chi connectivity index (χ1n) is 11.4. The summed E-state index contributed by atoms with van der Waals surface area (Å²) < 4.78 is 5.33. The highest BCUT2D eigenvalue weighted by molar-refractivity contribution is 5.83. The van der Waals surface area contributed by atoms with Crippen molar-refractivity contribution in [2.75, 3.05) is 75.4 Å². The molecule has 2 N–H and O–H groups in total. The number of rotatable bonds is 5. The Labute approximate surface area is 184 Å². The third-order valence-corrected chi connectivity index (χ3v) is 6.63. The predicted molar refractivity (Wildman–Crippen MR) is 119 cm³/mol. The standard InChI is InChI=1S/C22H34N6O3/c1-17-5-6-28(18(15-17)22(23)30)20-4-2-3-19(24-20)26-9-7-25(8-10-26)16-21(29)27-11-13-31-14-12-27/h2-4,17-18H,5-16H2,1H3,(H2,23,30). The van der Waals surface area contributed by atoms with E-state index in [1.807, 2.05) is 23.1 Å². The van der Waals surface area contributed by atoms with Gasteiger partial charge in [0.1, 0.15) is 17.7 Å². The maximum atomic E-state index is 12.5. The van der Waals surface area contributed by atoms with Crippen molar-refractivity contribution in [1.82, 2.24) is 14.8 Å². The van der Waals surface area contributed by atoms with Crippen LogP contribution in [0.3, 0.4) is 0 Å². The molecule has 31 heavy (non-hydrogen) atoms. The van der Waals surface area contributed by atoms with Crippen molar-refractivity contribution in [3.8, 4) is 0 Å². The Kier molecular flexibility index (Phi) is 6.92. The molecular weight excluding hydrogens is 396 g/mol. The van der Waals surface area contributed by atoms with Gasteiger partial charge in [-0.05, 0) is 30.9 Å². The number of aromatic nitrogens is 1. The average molecular weight is 431 g/mol. The number of carbonyl (C=O) groups excluding carboxylic acids is 2. The highest BCUT2D eigenvalue weighted by Gasteiger charge is 2.31. The van der Waals surface area contributed by atoms with Gasteiger partial charge in [-0.2, -0.15) is 0 Å². The van der Waals surface area contributed by atoms with Crippen molar-refractivity contribution in [1.29, 1.82) is 0 Å². The van der Waals surface area contributed by atoms with E-state index in [2.05, 4.69) is 21.6 Å². The van der Waals surface area contributed by atoms with Crippen molar-refractivity contribution in [3.63, 3.8) is 0 Å². The summed E-state index contributed by atoms with van der Waals surface area (Å²) in [5.74, 6) is 2.13. The Hall–Kier alpha value is -2.39. The maximum absolute atomic E-state index is 12.5. The summed E-state index contributed by atoms with van der Waals surface area (Å²) in [5, 5.41) is 0. The minimum absolute atomic E-state index is 0.189. The van der Waals surface area contributed by atoms with E-state index in [9.17, 15) is 9.59 Å². The minimum Gasteiger partial charge on any atom is -0.378 e. The molecule has 2 amide bonds. The second-order valence-electron chi connectivity index (χ2n) is 8.85. The van der Waals surface area contributed by atoms with Crippen LogP contribution in [0.4, 0.5) is 11.6 Å². The Morgan fingerprint density at radius 2 is 1.77 bits per heavy atom. The number of piperazine rings is 1. The topological polar surface area (TPSA) is 95.2 Å². The van der Waals surface area contributed by atoms with Crippen LogP contribution in [0.15, 0.2) is 18.2 Å². The number of pyridine rings is 1. The van der Waals surface area contributed by atoms with Gasteiger partial charge < -0.3 is 25.2 Å². The van der Waals surface area contributed by atoms with Gasteiger partial charge in [-0.1, -0.05) is 13.0 Å². The molecule has 4 rings (SSSR count). The molecule has 170 valence electrons. The fraction of sp³-hybridized carbons (Fsp3) is 0.682. The summed E-state index contributed by atoms with van der Waals surface area (Å²) in [5.41, 5.74) is 5.68. The fourth-order valence-electron chi connectivity index (χ4n) is 4.67. The first-order valence-corrected chi connectivity index (χ1v) is 11.4. The second-order valence-corrected chi connectivity index (χ2v) is 8.85. The van der Waals surface area contributed by atoms with Crippen molar-refractivity contribution < 1.29 is 14.3 Å². The molecule has 0 aromatic carbocycles. The maximum Gasteiger partial charge on any atom is 0.240 e. The normalized spacial score (nSPS) is 25.5. The highest BCUT2D eigenvalue weighted by atomic mass is 16.5. The number of morpholine rings is 1. The van der Waals surface area contributed by atoms with Crippen LogP contribution in [0.5, 0.6) is 0 Å². The molecule has 9 heteroatoms. The van der Waals surface area contributed by atoms with Gasteiger partial charge in [0.05, 0.1) is 19.8 Å². The van der Waals surface area contributed by atoms with Crippen LogP contribution < -0.4 is 15.5 Å². The lowest BCUT2D eigenvalue weighted by atomic mass is 9.92. The van der Waals surface area contributed by atoms with Gasteiger partial charge in [-0.3, -0.25) is 14.5 Å². The molecule has 3 fully saturated rings. The molecule has 0 radical (unpaired) electrons. The third kappa shape index (κ3) is 5.27. The van der Waals surface area contributed by atoms with Gasteiger partial charge >= 0.3 is 0 Å². The molecule has 0 bridgehead atoms. The Morgan fingerprint density at radius 3 is 2.48 bits per heavy atom. The molecule has 9 nitrogen and oxygen atoms in total. The monoisotopic (exact) mass is 430 g/mol. The lowest BCUT2D eigenvalue weighted by Gasteiger charge is -2.39. The van der Waals surface area contributed by atoms with E-state index in [0.717, 1.165) is 57.2 Å². The van der Waals surface area contributed by atoms with Crippen molar-refractivity contribution in [2.45, 2.75) is 25.8 Å². The summed E-state index contributed by atoms with van der Waals surface area (Å²) in [7, 11) is 0. The number of hydrogen-bond acceptors (Lipinski definition) is 7. The van der Waals surface area contributed by atoms with Crippen LogP contribution in [0.2, 0.25) is 0 Å². The van der Waals surface area contributed by atoms with Crippen LogP contribution in [-0.4, -0.2) is 98.2 Å². The average Bonchev–Trinajstić information content (AvgIpc) is 2.80. The van der Waals surface area contributed by atoms with Crippen LogP contribution in [0.1, 0.15) is 19.8 Å². The number of primary amides is 1. The summed E-state index contributed by atoms with van der Waals surface area (Å²) >= 11 is 0. The minimum atomic E-state index is -0.297. The molecular formula is C22H34N6O3. The number of carbonyl (C=O) groups is 2. The first kappa shape index (κ1) is 21.8. The number of nitrogens with two attached hydrogens (primary N) is 1. The van der Waals surface area contributed by atoms with Crippen LogP contribution in [-0.2, 0) is 14.3 Å². The smallest absolute Gasteiger partial charge is 0.240 e. The molecule has 1 aromatic heterocycles. The first-order chi connectivity index (χ1) is 15.0. The molecule has 2 atom stereocenters. The van der Waals surface area contributed by atoms with E-state index < -0.39 is 0 Å². The quantitative estimate of drug-likeness (QED) is 0.711. The van der Waals surface area contributed by atoms with Gasteiger partial charge in [0, 0.05) is 45.8 Å². The molecule has 0 spiro atoms. The van der Waals surface area contributed by atoms with E-state index in [-0.39, 0.29) is 17.9 Å². The zero-order chi connectivity index (χ0) is 21.8. The van der Waals surface area contributed by atoms with E-state index in [0.29, 0.717) is 38.8 Å². The number of hydrogen-bond donors (Lipinski definition) is 1. The summed E-state index contributed by atoms with van der Waals surface area (Å²) in [6, 6.07) is 5.69. The summed E-state index contributed by atoms with van der Waals surface area (Å²) in [6.07, 6.45) is 1.81. The summed E-state index contributed by atoms with van der Waals surface area (Å²) in [6.45, 7) is 9.37. The Balaban J connectivity index is 1.35. The van der Waals surface area contributed by atoms with Gasteiger partial charge in [0.25, 0.3) is 0 Å². The third-order valence-electron chi connectivity index (χ3n) is 6.63. The van der Waals surface area contributed by atoms with Crippen molar-refractivity contribution in [2.24, 2.45) is 11.7 Å². The van der Waals surface area contributed by atoms with E-state index in [4.69, 9.17) is 15.5 Å². The molecule has 2 unspecified atom stereocenters. The molecule has 0 aliphatic carbocycles. The second kappa shape index (κ2) is 9.82. The van der Waals surface area contributed by atoms with E-state index in [1.54, 1.807) is 0 Å². The number of amides is 2. The SMILES string of the molecule is CC1CCN(c2cccc(N3CCN(CC(=O)N4CCOCC4)CC3)n2)C(C(N)=O)C1. The number of ether oxygens (including phenoxy) is 1. The van der Waals surface area contributed by atoms with Crippen molar-refractivity contribution >= 4 is 23.5 Å². The van der Waals surface area contributed by atoms with Crippen LogP contribution in [0.25, 0.3) is 0 Å². The fourth-order valence-corrected chi connectivity index (χ4v) is 4.67. The number of nitrogens with zero attached hydrogens (tertiary/aromatic N) is 5. The van der Waals surface area contributed by atoms with Gasteiger partial charge in [0.15, 0.2) is 0 Å². The van der Waals surface area contributed by atoms with E-state index >= 15 is 0 Å². The predicted octanol–water partition coefficient (Wildman–Crippen LogP) is 0.153. The summed E-state index contributed by atoms with van der Waals surface area (Å²) in [4.78, 5) is 37.8. The lowest BCUT2D eigenvalue weighted by Crippen LogP contribution is -2.52. The zero-order valence-electron chi connectivity index (χ0n) is 18.4. The van der Waals surface area contributed by atoms with Gasteiger partial charge in [-0.15, -0.1) is 0 Å². The lowest BCUT2D eigenvalue weighted by molar-refractivity contribution is -0.136. The van der Waals surface area contributed by atoms with Gasteiger partial charge in [0.2, 0.25) is 11.8 Å². The number of anilines is 2. The largest absolute Gasteiger partial charge is 0.378 e. The Bertz CT molecular complexity index is 776. The van der Waals surface area contributed by atoms with Crippen molar-refractivity contribution in [3.05, 3.63) is 18.2 Å². The molecule has 4 heterocycles. The van der Waals surface area contributed by atoms with Gasteiger partial charge in [-0.25, -0.2) is 4.98 Å².